The third kappa shape index (κ3) is 5.56. The summed E-state index contributed by atoms with van der Waals surface area (Å²) in [6.07, 6.45) is 2.94. The van der Waals surface area contributed by atoms with E-state index in [4.69, 9.17) is 9.47 Å². The summed E-state index contributed by atoms with van der Waals surface area (Å²) < 4.78 is 11.5. The minimum Gasteiger partial charge on any atom is -0.493 e. The van der Waals surface area contributed by atoms with E-state index in [-0.39, 0.29) is 17.9 Å². The first kappa shape index (κ1) is 20.9. The maximum atomic E-state index is 12.3. The van der Waals surface area contributed by atoms with Crippen molar-refractivity contribution in [3.8, 4) is 17.6 Å². The van der Waals surface area contributed by atoms with E-state index in [1.165, 1.54) is 25.3 Å². The number of carbonyl (C=O) groups excluding carboxylic acids is 2. The first-order valence-electron chi connectivity index (χ1n) is 8.15. The number of hydrogen-bond donors (Lipinski definition) is 1. The molecule has 0 heterocycles. The molecule has 1 amide bonds. The van der Waals surface area contributed by atoms with E-state index in [1.807, 2.05) is 6.07 Å². The van der Waals surface area contributed by atoms with Gasteiger partial charge in [0.2, 0.25) is 0 Å². The van der Waals surface area contributed by atoms with Crippen molar-refractivity contribution in [1.82, 2.24) is 5.32 Å². The highest BCUT2D eigenvalue weighted by molar-refractivity contribution is 9.10. The third-order valence-corrected chi connectivity index (χ3v) is 4.08. The summed E-state index contributed by atoms with van der Waals surface area (Å²) in [6.45, 7) is 3.76. The molecule has 0 radical (unpaired) electrons. The van der Waals surface area contributed by atoms with E-state index in [9.17, 15) is 14.9 Å². The predicted octanol–water partition coefficient (Wildman–Crippen LogP) is 3.89. The van der Waals surface area contributed by atoms with Crippen LogP contribution in [0, 0.1) is 11.3 Å². The quantitative estimate of drug-likeness (QED) is 0.232. The number of nitrogens with zero attached hydrogens (tertiary/aromatic N) is 1. The molecule has 2 aromatic carbocycles. The highest BCUT2D eigenvalue weighted by atomic mass is 79.9. The summed E-state index contributed by atoms with van der Waals surface area (Å²) in [6, 6.07) is 13.3. The summed E-state index contributed by atoms with van der Waals surface area (Å²) in [7, 11) is 1.43. The summed E-state index contributed by atoms with van der Waals surface area (Å²) in [5, 5.41) is 11.7. The lowest BCUT2D eigenvalue weighted by Gasteiger charge is -2.10. The summed E-state index contributed by atoms with van der Waals surface area (Å²) in [5.74, 6) is -0.520. The zero-order chi connectivity index (χ0) is 20.5. The highest BCUT2D eigenvalue weighted by Gasteiger charge is 2.14. The Morgan fingerprint density at radius 1 is 1.21 bits per heavy atom. The van der Waals surface area contributed by atoms with Crippen molar-refractivity contribution in [3.63, 3.8) is 0 Å². The van der Waals surface area contributed by atoms with Gasteiger partial charge in [0.05, 0.1) is 12.7 Å². The van der Waals surface area contributed by atoms with Crippen LogP contribution < -0.4 is 14.8 Å². The number of halogens is 1. The van der Waals surface area contributed by atoms with Gasteiger partial charge in [-0.3, -0.25) is 4.79 Å². The molecule has 0 aliphatic rings. The number of carbonyl (C=O) groups is 2. The second-order valence-corrected chi connectivity index (χ2v) is 6.39. The van der Waals surface area contributed by atoms with Crippen LogP contribution in [0.4, 0.5) is 0 Å². The average molecular weight is 441 g/mol. The molecule has 1 N–H and O–H groups in total. The van der Waals surface area contributed by atoms with E-state index in [0.717, 1.165) is 4.47 Å². The fraction of sp³-hybridized carbons (Fsp3) is 0.0952. The zero-order valence-corrected chi connectivity index (χ0v) is 16.7. The molecule has 2 aromatic rings. The molecule has 0 saturated carbocycles. The van der Waals surface area contributed by atoms with E-state index in [0.29, 0.717) is 16.9 Å². The van der Waals surface area contributed by atoms with Crippen LogP contribution in [0.15, 0.2) is 65.2 Å². The number of rotatable bonds is 7. The molecule has 0 fully saturated rings. The normalized spacial score (nSPS) is 10.5. The van der Waals surface area contributed by atoms with Gasteiger partial charge in [0, 0.05) is 11.0 Å². The van der Waals surface area contributed by atoms with Crippen molar-refractivity contribution in [3.05, 3.63) is 76.3 Å². The molecule has 2 rings (SSSR count). The Morgan fingerprint density at radius 2 is 1.93 bits per heavy atom. The van der Waals surface area contributed by atoms with E-state index in [2.05, 4.69) is 27.8 Å². The Balaban J connectivity index is 2.23. The Hall–Kier alpha value is -3.37. The predicted molar refractivity (Wildman–Crippen MR) is 109 cm³/mol. The van der Waals surface area contributed by atoms with Crippen molar-refractivity contribution >= 4 is 33.9 Å². The lowest BCUT2D eigenvalue weighted by molar-refractivity contribution is -0.116. The molecule has 7 heteroatoms. The third-order valence-electron chi connectivity index (χ3n) is 3.55. The number of hydrogen-bond acceptors (Lipinski definition) is 5. The van der Waals surface area contributed by atoms with Crippen LogP contribution in [0.25, 0.3) is 6.08 Å². The molecule has 0 unspecified atom stereocenters. The second kappa shape index (κ2) is 10.1. The first-order valence-corrected chi connectivity index (χ1v) is 8.94. The number of ether oxygens (including phenoxy) is 2. The number of benzene rings is 2. The minimum atomic E-state index is -0.532. The molecule has 0 saturated heterocycles. The van der Waals surface area contributed by atoms with Gasteiger partial charge in [-0.2, -0.15) is 5.26 Å². The topological polar surface area (TPSA) is 88.4 Å². The molecule has 0 spiro atoms. The van der Waals surface area contributed by atoms with Gasteiger partial charge in [-0.15, -0.1) is 6.58 Å². The lowest BCUT2D eigenvalue weighted by Crippen LogP contribution is -2.24. The molecule has 0 atom stereocenters. The van der Waals surface area contributed by atoms with Crippen LogP contribution in [0.1, 0.15) is 15.9 Å². The van der Waals surface area contributed by atoms with Gasteiger partial charge >= 0.3 is 5.97 Å². The fourth-order valence-corrected chi connectivity index (χ4v) is 2.44. The Morgan fingerprint density at radius 3 is 2.54 bits per heavy atom. The van der Waals surface area contributed by atoms with Crippen LogP contribution in [0.2, 0.25) is 0 Å². The van der Waals surface area contributed by atoms with Gasteiger partial charge in [0.15, 0.2) is 11.5 Å². The maximum Gasteiger partial charge on any atom is 0.343 e. The Labute approximate surface area is 171 Å². The highest BCUT2D eigenvalue weighted by Crippen LogP contribution is 2.30. The number of amides is 1. The van der Waals surface area contributed by atoms with Crippen molar-refractivity contribution in [2.75, 3.05) is 13.7 Å². The van der Waals surface area contributed by atoms with Crippen LogP contribution in [0.5, 0.6) is 11.5 Å². The zero-order valence-electron chi connectivity index (χ0n) is 15.1. The molecule has 0 bridgehead atoms. The van der Waals surface area contributed by atoms with Gasteiger partial charge in [-0.1, -0.05) is 28.1 Å². The van der Waals surface area contributed by atoms with Gasteiger partial charge in [-0.25, -0.2) is 4.79 Å². The monoisotopic (exact) mass is 440 g/mol. The summed E-state index contributed by atoms with van der Waals surface area (Å²) in [4.78, 5) is 24.2. The van der Waals surface area contributed by atoms with Gasteiger partial charge < -0.3 is 14.8 Å². The Bertz CT molecular complexity index is 959. The first-order chi connectivity index (χ1) is 13.5. The van der Waals surface area contributed by atoms with Crippen LogP contribution >= 0.6 is 15.9 Å². The van der Waals surface area contributed by atoms with E-state index in [1.54, 1.807) is 36.4 Å². The minimum absolute atomic E-state index is 0.0662. The Kier molecular flexibility index (Phi) is 7.55. The van der Waals surface area contributed by atoms with Crippen molar-refractivity contribution in [1.29, 1.82) is 5.26 Å². The molecule has 0 aliphatic heterocycles. The molecular formula is C21H17BrN2O4. The lowest BCUT2D eigenvalue weighted by atomic mass is 10.1. The number of esters is 1. The molecule has 0 aliphatic carbocycles. The van der Waals surface area contributed by atoms with Crippen LogP contribution in [0.3, 0.4) is 0 Å². The van der Waals surface area contributed by atoms with E-state index < -0.39 is 11.9 Å². The second-order valence-electron chi connectivity index (χ2n) is 5.48. The largest absolute Gasteiger partial charge is 0.493 e. The van der Waals surface area contributed by atoms with Crippen molar-refractivity contribution < 1.29 is 19.1 Å². The smallest absolute Gasteiger partial charge is 0.343 e. The molecule has 6 nitrogen and oxygen atoms in total. The van der Waals surface area contributed by atoms with Gasteiger partial charge in [-0.05, 0) is 48.0 Å². The van der Waals surface area contributed by atoms with Crippen molar-refractivity contribution in [2.45, 2.75) is 0 Å². The molecular weight excluding hydrogens is 424 g/mol. The fourth-order valence-electron chi connectivity index (χ4n) is 2.18. The maximum absolute atomic E-state index is 12.3. The summed E-state index contributed by atoms with van der Waals surface area (Å²) >= 11 is 3.31. The van der Waals surface area contributed by atoms with Gasteiger partial charge in [0.1, 0.15) is 11.6 Å². The van der Waals surface area contributed by atoms with Gasteiger partial charge in [0.25, 0.3) is 5.91 Å². The number of nitriles is 1. The average Bonchev–Trinajstić information content (AvgIpc) is 2.71. The molecule has 0 aromatic heterocycles. The number of methoxy groups -OCH3 is 1. The standard InChI is InChI=1S/C21H17BrN2O4/c1-3-10-24-20(25)16(13-23)11-14-4-9-18(19(12-14)27-2)28-21(26)15-5-7-17(22)8-6-15/h3-9,11-12H,1,10H2,2H3,(H,24,25)/b16-11+. The SMILES string of the molecule is C=CCNC(=O)/C(C#N)=C/c1ccc(OC(=O)c2ccc(Br)cc2)c(OC)c1. The number of nitrogens with one attached hydrogen (secondary N) is 1. The van der Waals surface area contributed by atoms with E-state index >= 15 is 0 Å². The molecule has 142 valence electrons. The summed E-state index contributed by atoms with van der Waals surface area (Å²) in [5.41, 5.74) is 0.869. The van der Waals surface area contributed by atoms with Crippen molar-refractivity contribution in [2.24, 2.45) is 0 Å². The van der Waals surface area contributed by atoms with Crippen LogP contribution in [-0.2, 0) is 4.79 Å². The van der Waals surface area contributed by atoms with Crippen LogP contribution in [-0.4, -0.2) is 25.5 Å². The molecule has 28 heavy (non-hydrogen) atoms.